The number of carbonyl (C=O) groups is 3. The van der Waals surface area contributed by atoms with Crippen LogP contribution in [0.4, 0.5) is 13.6 Å². The molecule has 1 aliphatic carbocycles. The van der Waals surface area contributed by atoms with E-state index in [2.05, 4.69) is 22.4 Å². The van der Waals surface area contributed by atoms with Gasteiger partial charge in [-0.05, 0) is 55.9 Å². The first-order chi connectivity index (χ1) is 14.2. The number of quaternary nitrogens is 1. The number of hydrogen-bond donors (Lipinski definition) is 3. The van der Waals surface area contributed by atoms with Gasteiger partial charge in [0.2, 0.25) is 0 Å². The number of nitrogens with one attached hydrogen (secondary N) is 3. The summed E-state index contributed by atoms with van der Waals surface area (Å²) in [6.45, 7) is -0.290. The number of rotatable bonds is 7. The molecule has 1 saturated carbocycles. The summed E-state index contributed by atoms with van der Waals surface area (Å²) in [6, 6.07) is 5.56. The molecule has 2 fully saturated rings. The van der Waals surface area contributed by atoms with Crippen LogP contribution >= 0.6 is 0 Å². The summed E-state index contributed by atoms with van der Waals surface area (Å²) in [4.78, 5) is 38.2. The number of carbonyl (C=O) groups excluding carboxylic acids is 3. The van der Waals surface area contributed by atoms with Gasteiger partial charge in [-0.2, -0.15) is 13.8 Å². The molecule has 8 nitrogen and oxygen atoms in total. The SMILES string of the molecule is CC1CCC2(CC1)NC(=O)N(NC(=O)C[NH+](C)Cc1ccc(OC(F)F)cc1)C2=O. The van der Waals surface area contributed by atoms with Crippen LogP contribution in [0, 0.1) is 5.92 Å². The first kappa shape index (κ1) is 21.9. The smallest absolute Gasteiger partial charge is 0.387 e. The van der Waals surface area contributed by atoms with Crippen LogP contribution in [0.25, 0.3) is 0 Å². The van der Waals surface area contributed by atoms with E-state index >= 15 is 0 Å². The quantitative estimate of drug-likeness (QED) is 0.565. The van der Waals surface area contributed by atoms with Gasteiger partial charge in [0, 0.05) is 5.56 Å². The van der Waals surface area contributed by atoms with E-state index in [-0.39, 0.29) is 12.3 Å². The molecule has 164 valence electrons. The van der Waals surface area contributed by atoms with Gasteiger partial charge >= 0.3 is 12.6 Å². The molecule has 30 heavy (non-hydrogen) atoms. The minimum Gasteiger partial charge on any atom is -0.435 e. The van der Waals surface area contributed by atoms with Crippen molar-refractivity contribution in [3.05, 3.63) is 29.8 Å². The molecule has 1 unspecified atom stereocenters. The van der Waals surface area contributed by atoms with E-state index in [1.54, 1.807) is 19.2 Å². The predicted molar refractivity (Wildman–Crippen MR) is 102 cm³/mol. The Hall–Kier alpha value is -2.75. The van der Waals surface area contributed by atoms with Crippen molar-refractivity contribution in [2.75, 3.05) is 13.6 Å². The second kappa shape index (κ2) is 8.95. The summed E-state index contributed by atoms with van der Waals surface area (Å²) in [5.74, 6) is -0.291. The highest BCUT2D eigenvalue weighted by Gasteiger charge is 2.53. The van der Waals surface area contributed by atoms with Gasteiger partial charge in [-0.3, -0.25) is 15.0 Å². The number of likely N-dealkylation sites (N-methyl/N-ethyl adjacent to an activating group) is 1. The van der Waals surface area contributed by atoms with Gasteiger partial charge in [-0.15, -0.1) is 0 Å². The van der Waals surface area contributed by atoms with E-state index in [0.717, 1.165) is 28.3 Å². The van der Waals surface area contributed by atoms with Gasteiger partial charge in [0.1, 0.15) is 17.8 Å². The third-order valence-electron chi connectivity index (χ3n) is 5.64. The minimum absolute atomic E-state index is 0.0242. The molecule has 1 heterocycles. The topological polar surface area (TPSA) is 92.2 Å². The molecule has 4 amide bonds. The summed E-state index contributed by atoms with van der Waals surface area (Å²) in [5, 5.41) is 3.55. The van der Waals surface area contributed by atoms with Gasteiger partial charge in [-0.25, -0.2) is 4.79 Å². The molecule has 0 bridgehead atoms. The Balaban J connectivity index is 1.51. The van der Waals surface area contributed by atoms with Gasteiger partial charge in [-0.1, -0.05) is 6.92 Å². The first-order valence-electron chi connectivity index (χ1n) is 10.00. The standard InChI is InChI=1S/C20H26F2N4O4/c1-13-7-9-20(10-8-13)17(28)26(19(29)23-20)24-16(27)12-25(2)11-14-3-5-15(6-4-14)30-18(21)22/h3-6,13,18H,7-12H2,1-2H3,(H,23,29)(H,24,27)/p+1. The lowest BCUT2D eigenvalue weighted by Crippen LogP contribution is -3.09. The van der Waals surface area contributed by atoms with Crippen LogP contribution in [0.15, 0.2) is 24.3 Å². The predicted octanol–water partition coefficient (Wildman–Crippen LogP) is 0.835. The van der Waals surface area contributed by atoms with Gasteiger partial charge in [0.05, 0.1) is 7.05 Å². The molecule has 1 aliphatic heterocycles. The van der Waals surface area contributed by atoms with Gasteiger partial charge < -0.3 is 15.0 Å². The molecule has 1 spiro atoms. The Labute approximate surface area is 173 Å². The van der Waals surface area contributed by atoms with E-state index in [9.17, 15) is 23.2 Å². The Morgan fingerprint density at radius 2 is 1.93 bits per heavy atom. The number of hydrogen-bond acceptors (Lipinski definition) is 4. The molecule has 3 N–H and O–H groups in total. The number of hydrazine groups is 1. The molecule has 1 saturated heterocycles. The molecular formula is C20H27F2N4O4+. The number of nitrogens with zero attached hydrogens (tertiary/aromatic N) is 1. The third kappa shape index (κ3) is 5.05. The van der Waals surface area contributed by atoms with Crippen molar-refractivity contribution in [1.29, 1.82) is 0 Å². The molecular weight excluding hydrogens is 398 g/mol. The van der Waals surface area contributed by atoms with Crippen molar-refractivity contribution in [1.82, 2.24) is 15.8 Å². The Morgan fingerprint density at radius 3 is 2.53 bits per heavy atom. The number of urea groups is 1. The van der Waals surface area contributed by atoms with Crippen molar-refractivity contribution in [3.8, 4) is 5.75 Å². The van der Waals surface area contributed by atoms with Crippen molar-refractivity contribution in [2.24, 2.45) is 5.92 Å². The van der Waals surface area contributed by atoms with E-state index in [4.69, 9.17) is 0 Å². The largest absolute Gasteiger partial charge is 0.435 e. The zero-order chi connectivity index (χ0) is 21.9. The van der Waals surface area contributed by atoms with E-state index in [1.165, 1.54) is 12.1 Å². The molecule has 10 heteroatoms. The summed E-state index contributed by atoms with van der Waals surface area (Å²) >= 11 is 0. The van der Waals surface area contributed by atoms with Crippen LogP contribution in [0.1, 0.15) is 38.2 Å². The number of benzene rings is 1. The fourth-order valence-electron chi connectivity index (χ4n) is 3.95. The summed E-state index contributed by atoms with van der Waals surface area (Å²) in [6.07, 6.45) is 2.84. The monoisotopic (exact) mass is 425 g/mol. The average molecular weight is 425 g/mol. The van der Waals surface area contributed by atoms with Crippen LogP contribution < -0.4 is 20.4 Å². The zero-order valence-corrected chi connectivity index (χ0v) is 17.0. The van der Waals surface area contributed by atoms with Crippen LogP contribution in [0.2, 0.25) is 0 Å². The number of halogens is 2. The maximum absolute atomic E-state index is 12.8. The van der Waals surface area contributed by atoms with Crippen molar-refractivity contribution in [2.45, 2.75) is 51.3 Å². The number of amides is 4. The lowest BCUT2D eigenvalue weighted by Gasteiger charge is -2.33. The summed E-state index contributed by atoms with van der Waals surface area (Å²) in [7, 11) is 1.78. The van der Waals surface area contributed by atoms with Crippen molar-refractivity contribution >= 4 is 17.8 Å². The third-order valence-corrected chi connectivity index (χ3v) is 5.64. The number of ether oxygens (including phenoxy) is 1. The highest BCUT2D eigenvalue weighted by atomic mass is 19.3. The number of alkyl halides is 2. The zero-order valence-electron chi connectivity index (χ0n) is 17.0. The Morgan fingerprint density at radius 1 is 1.30 bits per heavy atom. The van der Waals surface area contributed by atoms with E-state index < -0.39 is 30.0 Å². The molecule has 1 aromatic carbocycles. The van der Waals surface area contributed by atoms with Gasteiger partial charge in [0.15, 0.2) is 6.54 Å². The molecule has 3 rings (SSSR count). The van der Waals surface area contributed by atoms with Crippen LogP contribution in [-0.4, -0.2) is 48.6 Å². The summed E-state index contributed by atoms with van der Waals surface area (Å²) < 4.78 is 28.7. The molecule has 0 aromatic heterocycles. The first-order valence-corrected chi connectivity index (χ1v) is 10.00. The average Bonchev–Trinajstić information content (AvgIpc) is 2.89. The molecule has 1 aromatic rings. The lowest BCUT2D eigenvalue weighted by atomic mass is 9.77. The van der Waals surface area contributed by atoms with Crippen molar-refractivity contribution in [3.63, 3.8) is 0 Å². The van der Waals surface area contributed by atoms with E-state index in [0.29, 0.717) is 25.3 Å². The number of imide groups is 1. The van der Waals surface area contributed by atoms with Crippen LogP contribution in [-0.2, 0) is 16.1 Å². The minimum atomic E-state index is -2.88. The Bertz CT molecular complexity index is 795. The Kier molecular flexibility index (Phi) is 6.55. The van der Waals surface area contributed by atoms with Crippen LogP contribution in [0.3, 0.4) is 0 Å². The van der Waals surface area contributed by atoms with Crippen LogP contribution in [0.5, 0.6) is 5.75 Å². The maximum Gasteiger partial charge on any atom is 0.387 e. The fourth-order valence-corrected chi connectivity index (χ4v) is 3.95. The maximum atomic E-state index is 12.8. The van der Waals surface area contributed by atoms with Gasteiger partial charge in [0.25, 0.3) is 11.8 Å². The second-order valence-corrected chi connectivity index (χ2v) is 8.20. The fraction of sp³-hybridized carbons (Fsp3) is 0.550. The second-order valence-electron chi connectivity index (χ2n) is 8.20. The summed E-state index contributed by atoms with van der Waals surface area (Å²) in [5.41, 5.74) is 2.34. The molecule has 0 radical (unpaired) electrons. The lowest BCUT2D eigenvalue weighted by molar-refractivity contribution is -0.885. The van der Waals surface area contributed by atoms with E-state index in [1.807, 2.05) is 0 Å². The normalized spacial score (nSPS) is 24.8. The highest BCUT2D eigenvalue weighted by molar-refractivity contribution is 6.08. The highest BCUT2D eigenvalue weighted by Crippen LogP contribution is 2.35. The molecule has 1 atom stereocenters. The van der Waals surface area contributed by atoms with Crippen molar-refractivity contribution < 1.29 is 32.8 Å². The molecule has 2 aliphatic rings.